The SMILES string of the molecule is CC[C@@](CCC(=O)c1ccc(Cl)cc1)(NC(=O)OC(C)(C)C)C(=O)O. The smallest absolute Gasteiger partial charge is 0.408 e. The third-order valence-corrected chi connectivity index (χ3v) is 3.95. The molecule has 1 atom stereocenters. The van der Waals surface area contributed by atoms with Crippen LogP contribution >= 0.6 is 11.6 Å². The van der Waals surface area contributed by atoms with E-state index in [1.807, 2.05) is 0 Å². The zero-order valence-corrected chi connectivity index (χ0v) is 15.6. The fourth-order valence-electron chi connectivity index (χ4n) is 2.25. The van der Waals surface area contributed by atoms with E-state index in [1.54, 1.807) is 52.0 Å². The molecular formula is C18H24ClNO5. The van der Waals surface area contributed by atoms with Crippen molar-refractivity contribution in [3.8, 4) is 0 Å². The second kappa shape index (κ2) is 8.34. The highest BCUT2D eigenvalue weighted by atomic mass is 35.5. The summed E-state index contributed by atoms with van der Waals surface area (Å²) in [6, 6.07) is 6.36. The fraction of sp³-hybridized carbons (Fsp3) is 0.500. The molecule has 0 saturated carbocycles. The predicted molar refractivity (Wildman–Crippen MR) is 95.0 cm³/mol. The van der Waals surface area contributed by atoms with Gasteiger partial charge in [-0.3, -0.25) is 4.79 Å². The maximum absolute atomic E-state index is 12.3. The van der Waals surface area contributed by atoms with Crippen LogP contribution in [0.15, 0.2) is 24.3 Å². The van der Waals surface area contributed by atoms with Crippen molar-refractivity contribution in [2.24, 2.45) is 0 Å². The summed E-state index contributed by atoms with van der Waals surface area (Å²) in [5.41, 5.74) is -1.87. The van der Waals surface area contributed by atoms with Crippen molar-refractivity contribution in [1.82, 2.24) is 5.32 Å². The van der Waals surface area contributed by atoms with Gasteiger partial charge in [-0.2, -0.15) is 0 Å². The second-order valence-corrected chi connectivity index (χ2v) is 7.23. The number of hydrogen-bond donors (Lipinski definition) is 2. The molecule has 0 aliphatic carbocycles. The van der Waals surface area contributed by atoms with Crippen LogP contribution in [0.3, 0.4) is 0 Å². The number of benzene rings is 1. The highest BCUT2D eigenvalue weighted by molar-refractivity contribution is 6.30. The molecule has 0 saturated heterocycles. The number of aliphatic carboxylic acids is 1. The van der Waals surface area contributed by atoms with Crippen LogP contribution in [0.4, 0.5) is 4.79 Å². The lowest BCUT2D eigenvalue weighted by atomic mass is 9.88. The second-order valence-electron chi connectivity index (χ2n) is 6.80. The maximum atomic E-state index is 12.3. The third kappa shape index (κ3) is 6.38. The molecule has 6 nitrogen and oxygen atoms in total. The molecule has 1 amide bonds. The molecule has 0 aromatic heterocycles. The average molecular weight is 370 g/mol. The number of Topliss-reactive ketones (excluding diaryl/α,β-unsaturated/α-hetero) is 1. The zero-order valence-electron chi connectivity index (χ0n) is 14.9. The molecular weight excluding hydrogens is 346 g/mol. The van der Waals surface area contributed by atoms with Gasteiger partial charge in [0.2, 0.25) is 0 Å². The molecule has 0 aliphatic rings. The van der Waals surface area contributed by atoms with Crippen LogP contribution in [0.2, 0.25) is 5.02 Å². The lowest BCUT2D eigenvalue weighted by Gasteiger charge is -2.30. The van der Waals surface area contributed by atoms with Crippen LogP contribution in [-0.4, -0.2) is 34.1 Å². The van der Waals surface area contributed by atoms with E-state index in [-0.39, 0.29) is 25.0 Å². The minimum Gasteiger partial charge on any atom is -0.480 e. The largest absolute Gasteiger partial charge is 0.480 e. The normalized spacial score (nSPS) is 13.6. The van der Waals surface area contributed by atoms with E-state index >= 15 is 0 Å². The molecule has 1 aromatic carbocycles. The minimum atomic E-state index is -1.57. The molecule has 7 heteroatoms. The Labute approximate surface area is 152 Å². The van der Waals surface area contributed by atoms with Crippen molar-refractivity contribution in [2.75, 3.05) is 0 Å². The van der Waals surface area contributed by atoms with E-state index < -0.39 is 23.2 Å². The topological polar surface area (TPSA) is 92.7 Å². The van der Waals surface area contributed by atoms with Crippen LogP contribution in [0, 0.1) is 0 Å². The van der Waals surface area contributed by atoms with E-state index in [1.165, 1.54) is 0 Å². The first kappa shape index (κ1) is 21.0. The van der Waals surface area contributed by atoms with Crippen molar-refractivity contribution in [3.05, 3.63) is 34.9 Å². The Morgan fingerprint density at radius 2 is 1.72 bits per heavy atom. The monoisotopic (exact) mass is 369 g/mol. The molecule has 0 bridgehead atoms. The van der Waals surface area contributed by atoms with Gasteiger partial charge in [-0.15, -0.1) is 0 Å². The van der Waals surface area contributed by atoms with Crippen LogP contribution in [0.25, 0.3) is 0 Å². The van der Waals surface area contributed by atoms with E-state index in [2.05, 4.69) is 5.32 Å². The highest BCUT2D eigenvalue weighted by Gasteiger charge is 2.39. The van der Waals surface area contributed by atoms with Gasteiger partial charge in [0.25, 0.3) is 0 Å². The van der Waals surface area contributed by atoms with Crippen molar-refractivity contribution in [3.63, 3.8) is 0 Å². The van der Waals surface area contributed by atoms with Gasteiger partial charge >= 0.3 is 12.1 Å². The number of carbonyl (C=O) groups excluding carboxylic acids is 2. The Morgan fingerprint density at radius 3 is 2.16 bits per heavy atom. The fourth-order valence-corrected chi connectivity index (χ4v) is 2.37. The van der Waals surface area contributed by atoms with Crippen molar-refractivity contribution in [1.29, 1.82) is 0 Å². The quantitative estimate of drug-likeness (QED) is 0.707. The van der Waals surface area contributed by atoms with Gasteiger partial charge in [0.05, 0.1) is 0 Å². The van der Waals surface area contributed by atoms with Gasteiger partial charge < -0.3 is 15.2 Å². The number of halogens is 1. The Morgan fingerprint density at radius 1 is 1.16 bits per heavy atom. The number of nitrogens with one attached hydrogen (secondary N) is 1. The number of amides is 1. The van der Waals surface area contributed by atoms with Gasteiger partial charge in [0.15, 0.2) is 5.78 Å². The van der Waals surface area contributed by atoms with Gasteiger partial charge in [-0.05, 0) is 57.9 Å². The molecule has 2 N–H and O–H groups in total. The number of carbonyl (C=O) groups is 3. The van der Waals surface area contributed by atoms with E-state index in [0.717, 1.165) is 0 Å². The summed E-state index contributed by atoms with van der Waals surface area (Å²) < 4.78 is 5.14. The number of alkyl carbamates (subject to hydrolysis) is 1. The average Bonchev–Trinajstić information content (AvgIpc) is 2.49. The number of hydrogen-bond acceptors (Lipinski definition) is 4. The molecule has 0 fully saturated rings. The van der Waals surface area contributed by atoms with Gasteiger partial charge in [-0.25, -0.2) is 9.59 Å². The molecule has 0 heterocycles. The number of ether oxygens (including phenoxy) is 1. The molecule has 25 heavy (non-hydrogen) atoms. The minimum absolute atomic E-state index is 0.0302. The Kier molecular flexibility index (Phi) is 6.99. The van der Waals surface area contributed by atoms with Gasteiger partial charge in [0.1, 0.15) is 11.1 Å². The van der Waals surface area contributed by atoms with E-state index in [0.29, 0.717) is 10.6 Å². The van der Waals surface area contributed by atoms with E-state index in [9.17, 15) is 19.5 Å². The molecule has 0 spiro atoms. The summed E-state index contributed by atoms with van der Waals surface area (Å²) in [5, 5.41) is 12.5. The van der Waals surface area contributed by atoms with Crippen molar-refractivity contribution in [2.45, 2.75) is 58.1 Å². The number of ketones is 1. The highest BCUT2D eigenvalue weighted by Crippen LogP contribution is 2.22. The predicted octanol–water partition coefficient (Wildman–Crippen LogP) is 4.06. The summed E-state index contributed by atoms with van der Waals surface area (Å²) >= 11 is 5.79. The van der Waals surface area contributed by atoms with Crippen LogP contribution < -0.4 is 5.32 Å². The Bertz CT molecular complexity index is 636. The summed E-state index contributed by atoms with van der Waals surface area (Å²) in [6.07, 6.45) is -0.775. The first-order valence-corrected chi connectivity index (χ1v) is 8.40. The molecule has 0 radical (unpaired) electrons. The maximum Gasteiger partial charge on any atom is 0.408 e. The van der Waals surface area contributed by atoms with Gasteiger partial charge in [0, 0.05) is 17.0 Å². The van der Waals surface area contributed by atoms with Crippen molar-refractivity contribution < 1.29 is 24.2 Å². The third-order valence-electron chi connectivity index (χ3n) is 3.70. The first-order valence-electron chi connectivity index (χ1n) is 8.02. The Balaban J connectivity index is 2.84. The Hall–Kier alpha value is -2.08. The molecule has 138 valence electrons. The summed E-state index contributed by atoms with van der Waals surface area (Å²) in [7, 11) is 0. The zero-order chi connectivity index (χ0) is 19.3. The van der Waals surface area contributed by atoms with E-state index in [4.69, 9.17) is 16.3 Å². The number of rotatable bonds is 7. The molecule has 1 rings (SSSR count). The molecule has 0 unspecified atom stereocenters. The molecule has 1 aromatic rings. The number of carboxylic acid groups (broad SMARTS) is 1. The lowest BCUT2D eigenvalue weighted by Crippen LogP contribution is -2.55. The summed E-state index contributed by atoms with van der Waals surface area (Å²) in [5.74, 6) is -1.42. The summed E-state index contributed by atoms with van der Waals surface area (Å²) in [4.78, 5) is 36.0. The number of carboxylic acids is 1. The lowest BCUT2D eigenvalue weighted by molar-refractivity contribution is -0.145. The van der Waals surface area contributed by atoms with Crippen LogP contribution in [0.5, 0.6) is 0 Å². The standard InChI is InChI=1S/C18H24ClNO5/c1-5-18(15(22)23,20-16(24)25-17(2,3)4)11-10-14(21)12-6-8-13(19)9-7-12/h6-9H,5,10-11H2,1-4H3,(H,20,24)(H,22,23)/t18-/m0/s1. The van der Waals surface area contributed by atoms with Crippen LogP contribution in [0.1, 0.15) is 57.3 Å². The first-order chi connectivity index (χ1) is 11.5. The molecule has 0 aliphatic heterocycles. The van der Waals surface area contributed by atoms with Crippen molar-refractivity contribution >= 4 is 29.4 Å². The summed E-state index contributed by atoms with van der Waals surface area (Å²) in [6.45, 7) is 6.69. The van der Waals surface area contributed by atoms with Crippen LogP contribution in [-0.2, 0) is 9.53 Å². The van der Waals surface area contributed by atoms with Gasteiger partial charge in [-0.1, -0.05) is 18.5 Å².